The van der Waals surface area contributed by atoms with Crippen molar-refractivity contribution in [3.63, 3.8) is 0 Å². The zero-order chi connectivity index (χ0) is 13.2. The number of nitrogens with zero attached hydrogens (tertiary/aromatic N) is 4. The summed E-state index contributed by atoms with van der Waals surface area (Å²) in [5.41, 5.74) is 1.72. The molecule has 1 saturated heterocycles. The molecule has 0 atom stereocenters. The molecular weight excluding hydrogens is 242 g/mol. The molecule has 0 aliphatic carbocycles. The molecule has 1 aromatic rings. The van der Waals surface area contributed by atoms with Gasteiger partial charge in [-0.2, -0.15) is 5.10 Å². The summed E-state index contributed by atoms with van der Waals surface area (Å²) >= 11 is 0. The fourth-order valence-corrected chi connectivity index (χ4v) is 2.64. The van der Waals surface area contributed by atoms with Gasteiger partial charge in [-0.15, -0.1) is 0 Å². The first-order valence-electron chi connectivity index (χ1n) is 6.99. The summed E-state index contributed by atoms with van der Waals surface area (Å²) in [4.78, 5) is 16.6. The van der Waals surface area contributed by atoms with Crippen LogP contribution in [0.5, 0.6) is 0 Å². The lowest BCUT2D eigenvalue weighted by atomic mass is 10.2. The highest BCUT2D eigenvalue weighted by Crippen LogP contribution is 2.12. The van der Waals surface area contributed by atoms with Gasteiger partial charge in [0.15, 0.2) is 5.69 Å². The van der Waals surface area contributed by atoms with Gasteiger partial charge < -0.3 is 15.1 Å². The summed E-state index contributed by atoms with van der Waals surface area (Å²) in [7, 11) is 2.09. The van der Waals surface area contributed by atoms with Gasteiger partial charge in [0, 0.05) is 39.3 Å². The minimum Gasteiger partial charge on any atom is -0.335 e. The van der Waals surface area contributed by atoms with Gasteiger partial charge in [0.1, 0.15) is 0 Å². The SMILES string of the molecule is CN1CCN(C(=O)c2cc3n(n2)CCCNC3)CC1. The van der Waals surface area contributed by atoms with E-state index in [1.54, 1.807) is 0 Å². The van der Waals surface area contributed by atoms with E-state index in [0.29, 0.717) is 5.69 Å². The summed E-state index contributed by atoms with van der Waals surface area (Å²) in [5, 5.41) is 7.83. The smallest absolute Gasteiger partial charge is 0.274 e. The van der Waals surface area contributed by atoms with E-state index >= 15 is 0 Å². The molecule has 0 aromatic carbocycles. The highest BCUT2D eigenvalue weighted by Gasteiger charge is 2.23. The zero-order valence-corrected chi connectivity index (χ0v) is 11.4. The lowest BCUT2D eigenvalue weighted by Gasteiger charge is -2.31. The number of amides is 1. The second-order valence-corrected chi connectivity index (χ2v) is 5.37. The molecule has 19 heavy (non-hydrogen) atoms. The minimum absolute atomic E-state index is 0.0775. The number of aromatic nitrogens is 2. The van der Waals surface area contributed by atoms with Crippen molar-refractivity contribution in [3.8, 4) is 0 Å². The predicted molar refractivity (Wildman–Crippen MR) is 72.0 cm³/mol. The maximum absolute atomic E-state index is 12.4. The third-order valence-electron chi connectivity index (χ3n) is 3.90. The van der Waals surface area contributed by atoms with Gasteiger partial charge in [0.25, 0.3) is 5.91 Å². The van der Waals surface area contributed by atoms with Crippen molar-refractivity contribution < 1.29 is 4.79 Å². The van der Waals surface area contributed by atoms with E-state index in [-0.39, 0.29) is 5.91 Å². The Hall–Kier alpha value is -1.40. The first kappa shape index (κ1) is 12.6. The molecule has 1 amide bonds. The number of carbonyl (C=O) groups is 1. The van der Waals surface area contributed by atoms with Crippen LogP contribution in [0.25, 0.3) is 0 Å². The number of piperazine rings is 1. The van der Waals surface area contributed by atoms with Gasteiger partial charge in [-0.3, -0.25) is 9.48 Å². The minimum atomic E-state index is 0.0775. The Balaban J connectivity index is 1.73. The van der Waals surface area contributed by atoms with Crippen LogP contribution in [-0.2, 0) is 13.1 Å². The molecule has 0 saturated carbocycles. The molecule has 0 bridgehead atoms. The highest BCUT2D eigenvalue weighted by molar-refractivity contribution is 5.92. The number of hydrogen-bond acceptors (Lipinski definition) is 4. The van der Waals surface area contributed by atoms with Gasteiger partial charge in [-0.25, -0.2) is 0 Å². The van der Waals surface area contributed by atoms with E-state index < -0.39 is 0 Å². The first-order chi connectivity index (χ1) is 9.24. The van der Waals surface area contributed by atoms with E-state index in [1.165, 1.54) is 0 Å². The van der Waals surface area contributed by atoms with Gasteiger partial charge >= 0.3 is 0 Å². The Labute approximate surface area is 113 Å². The van der Waals surface area contributed by atoms with Crippen molar-refractivity contribution in [2.75, 3.05) is 39.8 Å². The van der Waals surface area contributed by atoms with Crippen molar-refractivity contribution in [1.29, 1.82) is 0 Å². The lowest BCUT2D eigenvalue weighted by Crippen LogP contribution is -2.47. The molecule has 2 aliphatic heterocycles. The van der Waals surface area contributed by atoms with E-state index in [4.69, 9.17) is 0 Å². The number of likely N-dealkylation sites (N-methyl/N-ethyl adjacent to an activating group) is 1. The molecule has 0 radical (unpaired) electrons. The van der Waals surface area contributed by atoms with E-state index in [1.807, 2.05) is 15.6 Å². The fraction of sp³-hybridized carbons (Fsp3) is 0.692. The lowest BCUT2D eigenvalue weighted by molar-refractivity contribution is 0.0657. The molecule has 1 fully saturated rings. The molecule has 1 aromatic heterocycles. The van der Waals surface area contributed by atoms with Gasteiger partial charge in [0.2, 0.25) is 0 Å². The van der Waals surface area contributed by atoms with Gasteiger partial charge in [0.05, 0.1) is 5.69 Å². The fourth-order valence-electron chi connectivity index (χ4n) is 2.64. The van der Waals surface area contributed by atoms with Crippen LogP contribution in [0.2, 0.25) is 0 Å². The number of aryl methyl sites for hydroxylation is 1. The maximum Gasteiger partial charge on any atom is 0.274 e. The zero-order valence-electron chi connectivity index (χ0n) is 11.4. The van der Waals surface area contributed by atoms with Crippen LogP contribution in [0.1, 0.15) is 22.6 Å². The summed E-state index contributed by atoms with van der Waals surface area (Å²) in [6.45, 7) is 6.22. The Kier molecular flexibility index (Phi) is 3.52. The number of rotatable bonds is 1. The number of hydrogen-bond donors (Lipinski definition) is 1. The molecule has 0 spiro atoms. The number of fused-ring (bicyclic) bond motifs is 1. The molecule has 6 nitrogen and oxygen atoms in total. The Morgan fingerprint density at radius 3 is 2.84 bits per heavy atom. The van der Waals surface area contributed by atoms with Crippen molar-refractivity contribution >= 4 is 5.91 Å². The van der Waals surface area contributed by atoms with Crippen LogP contribution in [0.15, 0.2) is 6.07 Å². The highest BCUT2D eigenvalue weighted by atomic mass is 16.2. The molecule has 2 aliphatic rings. The quantitative estimate of drug-likeness (QED) is 0.760. The van der Waals surface area contributed by atoms with E-state index in [0.717, 1.165) is 57.9 Å². The van der Waals surface area contributed by atoms with Crippen molar-refractivity contribution in [3.05, 3.63) is 17.5 Å². The number of nitrogens with one attached hydrogen (secondary N) is 1. The van der Waals surface area contributed by atoms with Crippen LogP contribution in [0, 0.1) is 0 Å². The summed E-state index contributed by atoms with van der Waals surface area (Å²) < 4.78 is 1.98. The average molecular weight is 263 g/mol. The Bertz CT molecular complexity index is 438. The second-order valence-electron chi connectivity index (χ2n) is 5.37. The molecule has 6 heteroatoms. The van der Waals surface area contributed by atoms with Crippen LogP contribution in [0.4, 0.5) is 0 Å². The molecule has 3 rings (SSSR count). The maximum atomic E-state index is 12.4. The third kappa shape index (κ3) is 2.64. The van der Waals surface area contributed by atoms with Crippen molar-refractivity contribution in [1.82, 2.24) is 24.9 Å². The standard InChI is InChI=1S/C13H21N5O/c1-16-5-7-17(8-6-16)13(19)12-9-11-10-14-3-2-4-18(11)15-12/h9,14H,2-8,10H2,1H3. The molecule has 1 N–H and O–H groups in total. The molecule has 104 valence electrons. The van der Waals surface area contributed by atoms with Crippen LogP contribution >= 0.6 is 0 Å². The molecule has 3 heterocycles. The van der Waals surface area contributed by atoms with Crippen molar-refractivity contribution in [2.24, 2.45) is 0 Å². The average Bonchev–Trinajstić information content (AvgIpc) is 2.70. The second kappa shape index (κ2) is 5.30. The Morgan fingerprint density at radius 2 is 2.05 bits per heavy atom. The predicted octanol–water partition coefficient (Wildman–Crippen LogP) is -0.236. The van der Waals surface area contributed by atoms with Crippen molar-refractivity contribution in [2.45, 2.75) is 19.5 Å². The van der Waals surface area contributed by atoms with E-state index in [2.05, 4.69) is 22.4 Å². The van der Waals surface area contributed by atoms with Crippen LogP contribution in [-0.4, -0.2) is 65.3 Å². The Morgan fingerprint density at radius 1 is 1.26 bits per heavy atom. The summed E-state index contributed by atoms with van der Waals surface area (Å²) in [5.74, 6) is 0.0775. The van der Waals surface area contributed by atoms with Crippen LogP contribution < -0.4 is 5.32 Å². The normalized spacial score (nSPS) is 21.0. The summed E-state index contributed by atoms with van der Waals surface area (Å²) in [6.07, 6.45) is 1.07. The third-order valence-corrected chi connectivity index (χ3v) is 3.90. The first-order valence-corrected chi connectivity index (χ1v) is 6.99. The monoisotopic (exact) mass is 263 g/mol. The largest absolute Gasteiger partial charge is 0.335 e. The van der Waals surface area contributed by atoms with Gasteiger partial charge in [-0.05, 0) is 26.1 Å². The topological polar surface area (TPSA) is 53.4 Å². The van der Waals surface area contributed by atoms with Crippen LogP contribution in [0.3, 0.4) is 0 Å². The molecular formula is C13H21N5O. The van der Waals surface area contributed by atoms with E-state index in [9.17, 15) is 4.79 Å². The molecule has 0 unspecified atom stereocenters. The van der Waals surface area contributed by atoms with Gasteiger partial charge in [-0.1, -0.05) is 0 Å². The number of carbonyl (C=O) groups excluding carboxylic acids is 1. The summed E-state index contributed by atoms with van der Waals surface area (Å²) in [6, 6.07) is 1.94.